The fourth-order valence-corrected chi connectivity index (χ4v) is 4.61. The largest absolute Gasteiger partial charge is 0.457 e. The molecular formula is C25H21N3O3S. The molecule has 7 heteroatoms. The first-order valence-corrected chi connectivity index (χ1v) is 11.3. The van der Waals surface area contributed by atoms with E-state index in [0.29, 0.717) is 23.7 Å². The maximum Gasteiger partial charge on any atom is 0.257 e. The van der Waals surface area contributed by atoms with Crippen molar-refractivity contribution in [2.75, 3.05) is 11.9 Å². The van der Waals surface area contributed by atoms with Gasteiger partial charge in [0.2, 0.25) is 5.91 Å². The van der Waals surface area contributed by atoms with Crippen molar-refractivity contribution in [3.05, 3.63) is 83.9 Å². The third kappa shape index (κ3) is 4.48. The smallest absolute Gasteiger partial charge is 0.257 e. The number of carbonyl (C=O) groups is 2. The van der Waals surface area contributed by atoms with Crippen molar-refractivity contribution in [2.45, 2.75) is 19.4 Å². The number of thiazole rings is 1. The van der Waals surface area contributed by atoms with Crippen molar-refractivity contribution >= 4 is 38.5 Å². The number of nitrogens with one attached hydrogen (secondary N) is 1. The fourth-order valence-electron chi connectivity index (χ4n) is 3.72. The Morgan fingerprint density at radius 1 is 1.03 bits per heavy atom. The van der Waals surface area contributed by atoms with Gasteiger partial charge in [0.1, 0.15) is 11.5 Å². The van der Waals surface area contributed by atoms with Gasteiger partial charge in [-0.05, 0) is 48.4 Å². The molecule has 0 spiro atoms. The maximum atomic E-state index is 12.8. The minimum absolute atomic E-state index is 0.171. The topological polar surface area (TPSA) is 71.5 Å². The van der Waals surface area contributed by atoms with Crippen molar-refractivity contribution in [3.8, 4) is 11.5 Å². The molecule has 0 saturated carbocycles. The second kappa shape index (κ2) is 8.80. The van der Waals surface area contributed by atoms with Crippen molar-refractivity contribution < 1.29 is 14.3 Å². The highest BCUT2D eigenvalue weighted by Crippen LogP contribution is 2.31. The molecule has 3 aromatic carbocycles. The normalized spacial score (nSPS) is 13.5. The van der Waals surface area contributed by atoms with Crippen LogP contribution in [0.2, 0.25) is 0 Å². The van der Waals surface area contributed by atoms with Crippen molar-refractivity contribution in [1.29, 1.82) is 0 Å². The van der Waals surface area contributed by atoms with E-state index in [4.69, 9.17) is 4.74 Å². The molecule has 6 nitrogen and oxygen atoms in total. The Kier molecular flexibility index (Phi) is 5.56. The van der Waals surface area contributed by atoms with Gasteiger partial charge in [-0.1, -0.05) is 41.7 Å². The summed E-state index contributed by atoms with van der Waals surface area (Å²) in [5.74, 6) is 1.43. The van der Waals surface area contributed by atoms with Crippen molar-refractivity contribution in [3.63, 3.8) is 0 Å². The molecule has 160 valence electrons. The number of benzene rings is 3. The molecule has 32 heavy (non-hydrogen) atoms. The first-order chi connectivity index (χ1) is 15.6. The number of hydrogen-bond donors (Lipinski definition) is 1. The fraction of sp³-hybridized carbons (Fsp3) is 0.160. The van der Waals surface area contributed by atoms with Gasteiger partial charge in [0.25, 0.3) is 5.91 Å². The highest BCUT2D eigenvalue weighted by atomic mass is 32.1. The summed E-state index contributed by atoms with van der Waals surface area (Å²) >= 11 is 1.40. The first-order valence-electron chi connectivity index (χ1n) is 10.5. The average molecular weight is 444 g/mol. The number of para-hydroxylation sites is 1. The van der Waals surface area contributed by atoms with Gasteiger partial charge in [-0.25, -0.2) is 4.98 Å². The summed E-state index contributed by atoms with van der Waals surface area (Å²) in [7, 11) is 0. The van der Waals surface area contributed by atoms with Crippen molar-refractivity contribution in [2.24, 2.45) is 0 Å². The Labute approximate surface area is 189 Å². The number of anilines is 1. The third-order valence-electron chi connectivity index (χ3n) is 5.29. The van der Waals surface area contributed by atoms with Crippen LogP contribution in [0.25, 0.3) is 10.2 Å². The standard InChI is InChI=1S/C25H21N3O3S/c29-23-10-5-13-28(23)16-17-6-4-7-18(14-17)24(30)27-25-26-21-12-11-20(15-22(21)32-25)31-19-8-2-1-3-9-19/h1-4,6-9,11-12,14-15H,5,10,13,16H2,(H,26,27,30). The maximum absolute atomic E-state index is 12.8. The van der Waals surface area contributed by atoms with Crippen LogP contribution in [0.1, 0.15) is 28.8 Å². The summed E-state index contributed by atoms with van der Waals surface area (Å²) in [6.07, 6.45) is 1.50. The van der Waals surface area contributed by atoms with Gasteiger partial charge in [-0.3, -0.25) is 14.9 Å². The summed E-state index contributed by atoms with van der Waals surface area (Å²) in [4.78, 5) is 31.0. The minimum atomic E-state index is -0.223. The summed E-state index contributed by atoms with van der Waals surface area (Å²) in [6, 6.07) is 22.6. The molecule has 5 rings (SSSR count). The monoisotopic (exact) mass is 443 g/mol. The van der Waals surface area contributed by atoms with E-state index in [1.165, 1.54) is 11.3 Å². The van der Waals surface area contributed by atoms with Crippen LogP contribution in [0.3, 0.4) is 0 Å². The molecule has 4 aromatic rings. The van der Waals surface area contributed by atoms with Gasteiger partial charge in [0.15, 0.2) is 5.13 Å². The zero-order valence-electron chi connectivity index (χ0n) is 17.3. The Morgan fingerprint density at radius 2 is 1.91 bits per heavy atom. The molecule has 2 amide bonds. The first kappa shape index (κ1) is 20.2. The van der Waals surface area contributed by atoms with Crippen LogP contribution in [-0.4, -0.2) is 28.2 Å². The van der Waals surface area contributed by atoms with Crippen molar-refractivity contribution in [1.82, 2.24) is 9.88 Å². The Balaban J connectivity index is 1.29. The van der Waals surface area contributed by atoms with E-state index >= 15 is 0 Å². The molecule has 2 heterocycles. The lowest BCUT2D eigenvalue weighted by molar-refractivity contribution is -0.128. The number of nitrogens with zero attached hydrogens (tertiary/aromatic N) is 2. The molecule has 1 aromatic heterocycles. The molecule has 0 unspecified atom stereocenters. The van der Waals surface area contributed by atoms with E-state index in [-0.39, 0.29) is 11.8 Å². The lowest BCUT2D eigenvalue weighted by atomic mass is 10.1. The number of amides is 2. The number of hydrogen-bond acceptors (Lipinski definition) is 5. The van der Waals surface area contributed by atoms with E-state index in [1.54, 1.807) is 6.07 Å². The van der Waals surface area contributed by atoms with E-state index in [2.05, 4.69) is 10.3 Å². The lowest BCUT2D eigenvalue weighted by Gasteiger charge is -2.15. The number of carbonyl (C=O) groups excluding carboxylic acids is 2. The van der Waals surface area contributed by atoms with Crippen LogP contribution < -0.4 is 10.1 Å². The van der Waals surface area contributed by atoms with Crippen LogP contribution >= 0.6 is 11.3 Å². The molecule has 1 N–H and O–H groups in total. The number of aromatic nitrogens is 1. The quantitative estimate of drug-likeness (QED) is 0.429. The van der Waals surface area contributed by atoms with Gasteiger partial charge in [0, 0.05) is 31.1 Å². The number of ether oxygens (including phenoxy) is 1. The van der Waals surface area contributed by atoms with Gasteiger partial charge in [0.05, 0.1) is 10.2 Å². The number of fused-ring (bicyclic) bond motifs is 1. The van der Waals surface area contributed by atoms with Gasteiger partial charge >= 0.3 is 0 Å². The molecular weight excluding hydrogens is 422 g/mol. The highest BCUT2D eigenvalue weighted by Gasteiger charge is 2.20. The summed E-state index contributed by atoms with van der Waals surface area (Å²) in [6.45, 7) is 1.31. The minimum Gasteiger partial charge on any atom is -0.457 e. The molecule has 1 saturated heterocycles. The molecule has 0 aliphatic carbocycles. The Morgan fingerprint density at radius 3 is 2.72 bits per heavy atom. The highest BCUT2D eigenvalue weighted by molar-refractivity contribution is 7.22. The predicted molar refractivity (Wildman–Crippen MR) is 125 cm³/mol. The second-order valence-electron chi connectivity index (χ2n) is 7.64. The van der Waals surface area contributed by atoms with Crippen LogP contribution in [0.15, 0.2) is 72.8 Å². The molecule has 0 radical (unpaired) electrons. The van der Waals surface area contributed by atoms with E-state index in [0.717, 1.165) is 40.2 Å². The van der Waals surface area contributed by atoms with E-state index < -0.39 is 0 Å². The van der Waals surface area contributed by atoms with Gasteiger partial charge < -0.3 is 9.64 Å². The van der Waals surface area contributed by atoms with Crippen LogP contribution in [-0.2, 0) is 11.3 Å². The molecule has 1 aliphatic rings. The Hall–Kier alpha value is -3.71. The summed E-state index contributed by atoms with van der Waals surface area (Å²) in [5.41, 5.74) is 2.29. The summed E-state index contributed by atoms with van der Waals surface area (Å²) in [5, 5.41) is 3.42. The zero-order valence-corrected chi connectivity index (χ0v) is 18.1. The van der Waals surface area contributed by atoms with E-state index in [9.17, 15) is 9.59 Å². The zero-order chi connectivity index (χ0) is 21.9. The van der Waals surface area contributed by atoms with Crippen LogP contribution in [0, 0.1) is 0 Å². The Bertz CT molecular complexity index is 1290. The summed E-state index contributed by atoms with van der Waals surface area (Å²) < 4.78 is 6.81. The number of rotatable bonds is 6. The molecule has 1 fully saturated rings. The molecule has 0 bridgehead atoms. The van der Waals surface area contributed by atoms with Crippen LogP contribution in [0.5, 0.6) is 11.5 Å². The van der Waals surface area contributed by atoms with E-state index in [1.807, 2.05) is 71.6 Å². The molecule has 1 aliphatic heterocycles. The molecule has 0 atom stereocenters. The SMILES string of the molecule is O=C(Nc1nc2ccc(Oc3ccccc3)cc2s1)c1cccc(CN2CCCC2=O)c1. The van der Waals surface area contributed by atoms with Crippen LogP contribution in [0.4, 0.5) is 5.13 Å². The van der Waals surface area contributed by atoms with Gasteiger partial charge in [-0.2, -0.15) is 0 Å². The second-order valence-corrected chi connectivity index (χ2v) is 8.67. The average Bonchev–Trinajstić information content (AvgIpc) is 3.39. The predicted octanol–water partition coefficient (Wildman–Crippen LogP) is 5.46. The lowest BCUT2D eigenvalue weighted by Crippen LogP contribution is -2.24. The van der Waals surface area contributed by atoms with Gasteiger partial charge in [-0.15, -0.1) is 0 Å². The number of likely N-dealkylation sites (tertiary alicyclic amines) is 1. The third-order valence-corrected chi connectivity index (χ3v) is 6.23.